The Labute approximate surface area is 108 Å². The number of rotatable bonds is 4. The minimum atomic E-state index is -0.0693. The van der Waals surface area contributed by atoms with E-state index in [1.807, 2.05) is 30.2 Å². The molecule has 0 saturated heterocycles. The van der Waals surface area contributed by atoms with Crippen molar-refractivity contribution in [1.29, 1.82) is 0 Å². The minimum Gasteiger partial charge on any atom is -0.322 e. The van der Waals surface area contributed by atoms with Crippen molar-refractivity contribution in [3.05, 3.63) is 47.0 Å². The highest BCUT2D eigenvalue weighted by Gasteiger charge is 2.12. The zero-order valence-electron chi connectivity index (χ0n) is 11.2. The standard InChI is InChI=1S/C14H20N4/c1-4-18-9-12(8-17-18)6-13(15)14-11(3)5-10(2)7-16-14/h5,7-9,13H,4,6,15H2,1-3H3. The molecule has 2 rings (SSSR count). The van der Waals surface area contributed by atoms with Gasteiger partial charge in [0.15, 0.2) is 0 Å². The Morgan fingerprint density at radius 2 is 2.11 bits per heavy atom. The van der Waals surface area contributed by atoms with Crippen LogP contribution in [0.15, 0.2) is 24.7 Å². The maximum absolute atomic E-state index is 6.23. The van der Waals surface area contributed by atoms with Crippen molar-refractivity contribution in [3.8, 4) is 0 Å². The fourth-order valence-electron chi connectivity index (χ4n) is 2.15. The summed E-state index contributed by atoms with van der Waals surface area (Å²) in [6, 6.07) is 2.05. The molecule has 4 heteroatoms. The Balaban J connectivity index is 2.13. The molecule has 4 nitrogen and oxygen atoms in total. The fraction of sp³-hybridized carbons (Fsp3) is 0.429. The van der Waals surface area contributed by atoms with Crippen molar-refractivity contribution in [2.45, 2.75) is 39.8 Å². The van der Waals surface area contributed by atoms with Crippen molar-refractivity contribution in [2.24, 2.45) is 5.73 Å². The van der Waals surface area contributed by atoms with E-state index in [-0.39, 0.29) is 6.04 Å². The molecular weight excluding hydrogens is 224 g/mol. The van der Waals surface area contributed by atoms with Crippen molar-refractivity contribution in [2.75, 3.05) is 0 Å². The summed E-state index contributed by atoms with van der Waals surface area (Å²) in [5, 5.41) is 4.26. The summed E-state index contributed by atoms with van der Waals surface area (Å²) < 4.78 is 1.91. The lowest BCUT2D eigenvalue weighted by molar-refractivity contribution is 0.655. The summed E-state index contributed by atoms with van der Waals surface area (Å²) in [5.74, 6) is 0. The minimum absolute atomic E-state index is 0.0693. The molecule has 0 aliphatic rings. The molecule has 2 heterocycles. The van der Waals surface area contributed by atoms with Crippen LogP contribution in [0, 0.1) is 13.8 Å². The summed E-state index contributed by atoms with van der Waals surface area (Å²) in [7, 11) is 0. The maximum Gasteiger partial charge on any atom is 0.0603 e. The van der Waals surface area contributed by atoms with Gasteiger partial charge in [0.25, 0.3) is 0 Å². The third-order valence-corrected chi connectivity index (χ3v) is 3.07. The summed E-state index contributed by atoms with van der Waals surface area (Å²) in [6.07, 6.45) is 6.57. The molecule has 0 aliphatic heterocycles. The van der Waals surface area contributed by atoms with Gasteiger partial charge in [0.2, 0.25) is 0 Å². The first-order valence-electron chi connectivity index (χ1n) is 6.30. The van der Waals surface area contributed by atoms with E-state index in [0.717, 1.165) is 29.8 Å². The first kappa shape index (κ1) is 12.8. The average Bonchev–Trinajstić information content (AvgIpc) is 2.76. The van der Waals surface area contributed by atoms with Gasteiger partial charge in [0.05, 0.1) is 17.9 Å². The summed E-state index contributed by atoms with van der Waals surface area (Å²) in [6.45, 7) is 7.06. The van der Waals surface area contributed by atoms with Gasteiger partial charge in [-0.05, 0) is 43.9 Å². The van der Waals surface area contributed by atoms with Crippen molar-refractivity contribution in [3.63, 3.8) is 0 Å². The van der Waals surface area contributed by atoms with Gasteiger partial charge in [-0.1, -0.05) is 6.07 Å². The van der Waals surface area contributed by atoms with Crippen LogP contribution in [0.3, 0.4) is 0 Å². The molecule has 0 fully saturated rings. The van der Waals surface area contributed by atoms with Crippen molar-refractivity contribution in [1.82, 2.24) is 14.8 Å². The van der Waals surface area contributed by atoms with Crippen LogP contribution < -0.4 is 5.73 Å². The Kier molecular flexibility index (Phi) is 3.77. The molecule has 2 aromatic heterocycles. The Bertz CT molecular complexity index is 530. The van der Waals surface area contributed by atoms with E-state index in [1.165, 1.54) is 5.56 Å². The molecular formula is C14H20N4. The molecule has 2 N–H and O–H groups in total. The van der Waals surface area contributed by atoms with Gasteiger partial charge >= 0.3 is 0 Å². The number of pyridine rings is 1. The monoisotopic (exact) mass is 244 g/mol. The molecule has 0 bridgehead atoms. The number of aryl methyl sites for hydroxylation is 3. The molecule has 0 radical (unpaired) electrons. The van der Waals surface area contributed by atoms with Gasteiger partial charge in [0.1, 0.15) is 0 Å². The Morgan fingerprint density at radius 1 is 1.33 bits per heavy atom. The highest BCUT2D eigenvalue weighted by atomic mass is 15.3. The summed E-state index contributed by atoms with van der Waals surface area (Å²) in [4.78, 5) is 4.45. The van der Waals surface area contributed by atoms with Gasteiger partial charge < -0.3 is 5.73 Å². The molecule has 1 unspecified atom stereocenters. The molecule has 0 saturated carbocycles. The van der Waals surface area contributed by atoms with E-state index >= 15 is 0 Å². The third kappa shape index (κ3) is 2.76. The van der Waals surface area contributed by atoms with Crippen LogP contribution in [-0.2, 0) is 13.0 Å². The number of hydrogen-bond donors (Lipinski definition) is 1. The SMILES string of the molecule is CCn1cc(CC(N)c2ncc(C)cc2C)cn1. The molecule has 0 spiro atoms. The lowest BCUT2D eigenvalue weighted by Crippen LogP contribution is -2.16. The van der Waals surface area contributed by atoms with E-state index in [1.54, 1.807) is 0 Å². The number of nitrogens with two attached hydrogens (primary N) is 1. The molecule has 2 aromatic rings. The first-order chi connectivity index (χ1) is 8.60. The molecule has 1 atom stereocenters. The highest BCUT2D eigenvalue weighted by Crippen LogP contribution is 2.18. The molecule has 0 aromatic carbocycles. The zero-order valence-corrected chi connectivity index (χ0v) is 11.2. The maximum atomic E-state index is 6.23. The predicted octanol–water partition coefficient (Wildman–Crippen LogP) is 2.16. The molecule has 18 heavy (non-hydrogen) atoms. The highest BCUT2D eigenvalue weighted by molar-refractivity contribution is 5.26. The van der Waals surface area contributed by atoms with Crippen molar-refractivity contribution >= 4 is 0 Å². The van der Waals surface area contributed by atoms with E-state index in [0.29, 0.717) is 0 Å². The van der Waals surface area contributed by atoms with Gasteiger partial charge in [-0.2, -0.15) is 5.10 Å². The van der Waals surface area contributed by atoms with Crippen LogP contribution >= 0.6 is 0 Å². The summed E-state index contributed by atoms with van der Waals surface area (Å²) >= 11 is 0. The van der Waals surface area contributed by atoms with Gasteiger partial charge in [-0.15, -0.1) is 0 Å². The fourth-order valence-corrected chi connectivity index (χ4v) is 2.15. The lowest BCUT2D eigenvalue weighted by atomic mass is 10.0. The molecule has 96 valence electrons. The lowest BCUT2D eigenvalue weighted by Gasteiger charge is -2.13. The number of hydrogen-bond acceptors (Lipinski definition) is 3. The van der Waals surface area contributed by atoms with E-state index in [9.17, 15) is 0 Å². The number of nitrogens with zero attached hydrogens (tertiary/aromatic N) is 3. The van der Waals surface area contributed by atoms with Crippen LogP contribution in [0.25, 0.3) is 0 Å². The Hall–Kier alpha value is -1.68. The normalized spacial score (nSPS) is 12.7. The molecule has 0 aliphatic carbocycles. The van der Waals surface area contributed by atoms with Crippen LogP contribution in [0.1, 0.15) is 35.3 Å². The van der Waals surface area contributed by atoms with Gasteiger partial charge in [0, 0.05) is 18.9 Å². The number of aromatic nitrogens is 3. The van der Waals surface area contributed by atoms with Gasteiger partial charge in [-0.3, -0.25) is 9.67 Å². The smallest absolute Gasteiger partial charge is 0.0603 e. The average molecular weight is 244 g/mol. The second kappa shape index (κ2) is 5.31. The van der Waals surface area contributed by atoms with Crippen LogP contribution in [0.4, 0.5) is 0 Å². The van der Waals surface area contributed by atoms with Gasteiger partial charge in [-0.25, -0.2) is 0 Å². The molecule has 0 amide bonds. The Morgan fingerprint density at radius 3 is 2.72 bits per heavy atom. The van der Waals surface area contributed by atoms with Crippen LogP contribution in [0.5, 0.6) is 0 Å². The van der Waals surface area contributed by atoms with Crippen LogP contribution in [-0.4, -0.2) is 14.8 Å². The quantitative estimate of drug-likeness (QED) is 0.896. The van der Waals surface area contributed by atoms with E-state index in [2.05, 4.69) is 30.0 Å². The largest absolute Gasteiger partial charge is 0.322 e. The zero-order chi connectivity index (χ0) is 13.1. The summed E-state index contributed by atoms with van der Waals surface area (Å²) in [5.41, 5.74) is 10.7. The first-order valence-corrected chi connectivity index (χ1v) is 6.30. The van der Waals surface area contributed by atoms with E-state index < -0.39 is 0 Å². The predicted molar refractivity (Wildman–Crippen MR) is 72.2 cm³/mol. The van der Waals surface area contributed by atoms with Crippen LogP contribution in [0.2, 0.25) is 0 Å². The van der Waals surface area contributed by atoms with Crippen molar-refractivity contribution < 1.29 is 0 Å². The topological polar surface area (TPSA) is 56.7 Å². The second-order valence-corrected chi connectivity index (χ2v) is 4.73. The third-order valence-electron chi connectivity index (χ3n) is 3.07. The second-order valence-electron chi connectivity index (χ2n) is 4.73. The van der Waals surface area contributed by atoms with E-state index in [4.69, 9.17) is 5.73 Å².